The monoisotopic (exact) mass is 323 g/mol. The van der Waals surface area contributed by atoms with Crippen LogP contribution in [0.25, 0.3) is 10.2 Å². The molecule has 0 aliphatic heterocycles. The Kier molecular flexibility index (Phi) is 3.92. The maximum atomic E-state index is 6.03. The van der Waals surface area contributed by atoms with E-state index in [0.29, 0.717) is 5.28 Å². The quantitative estimate of drug-likeness (QED) is 0.664. The maximum absolute atomic E-state index is 6.03. The number of thiophene rings is 2. The van der Waals surface area contributed by atoms with Gasteiger partial charge in [-0.15, -0.1) is 22.7 Å². The van der Waals surface area contributed by atoms with E-state index in [0.717, 1.165) is 22.5 Å². The fourth-order valence-electron chi connectivity index (χ4n) is 2.15. The van der Waals surface area contributed by atoms with Crippen LogP contribution in [-0.4, -0.2) is 9.97 Å². The smallest absolute Gasteiger partial charge is 0.225 e. The Morgan fingerprint density at radius 1 is 1.40 bits per heavy atom. The summed E-state index contributed by atoms with van der Waals surface area (Å²) in [5.41, 5.74) is 0. The van der Waals surface area contributed by atoms with Crippen LogP contribution in [0.1, 0.15) is 29.1 Å². The molecule has 0 bridgehead atoms. The summed E-state index contributed by atoms with van der Waals surface area (Å²) in [4.78, 5) is 12.1. The maximum Gasteiger partial charge on any atom is 0.225 e. The van der Waals surface area contributed by atoms with Crippen LogP contribution in [0.5, 0.6) is 0 Å². The first-order chi connectivity index (χ1) is 9.67. The van der Waals surface area contributed by atoms with Gasteiger partial charge in [-0.2, -0.15) is 0 Å². The van der Waals surface area contributed by atoms with Gasteiger partial charge in [0.15, 0.2) is 0 Å². The molecule has 0 amide bonds. The fraction of sp³-hybridized carbons (Fsp3) is 0.286. The zero-order chi connectivity index (χ0) is 14.1. The summed E-state index contributed by atoms with van der Waals surface area (Å²) in [5.74, 6) is 0.824. The predicted molar refractivity (Wildman–Crippen MR) is 88.1 cm³/mol. The molecule has 3 aromatic rings. The van der Waals surface area contributed by atoms with E-state index in [2.05, 4.69) is 52.7 Å². The third-order valence-corrected chi connectivity index (χ3v) is 5.19. The Morgan fingerprint density at radius 3 is 2.95 bits per heavy atom. The lowest BCUT2D eigenvalue weighted by molar-refractivity contribution is 0.760. The average molecular weight is 324 g/mol. The number of nitrogens with one attached hydrogen (secondary N) is 1. The van der Waals surface area contributed by atoms with Gasteiger partial charge in [-0.3, -0.25) is 0 Å². The Morgan fingerprint density at radius 2 is 2.25 bits per heavy atom. The summed E-state index contributed by atoms with van der Waals surface area (Å²) < 4.78 is 0. The highest BCUT2D eigenvalue weighted by Crippen LogP contribution is 2.33. The number of anilines is 1. The summed E-state index contributed by atoms with van der Waals surface area (Å²) in [6, 6.07) is 6.58. The molecule has 0 aromatic carbocycles. The minimum atomic E-state index is 0.254. The molecule has 3 nitrogen and oxygen atoms in total. The second-order valence-electron chi connectivity index (χ2n) is 4.54. The number of hydrogen-bond acceptors (Lipinski definition) is 5. The van der Waals surface area contributed by atoms with Crippen molar-refractivity contribution in [3.8, 4) is 0 Å². The second kappa shape index (κ2) is 5.68. The molecule has 0 saturated heterocycles. The van der Waals surface area contributed by atoms with Crippen molar-refractivity contribution in [1.29, 1.82) is 0 Å². The number of halogens is 1. The highest BCUT2D eigenvalue weighted by molar-refractivity contribution is 7.18. The normalized spacial score (nSPS) is 12.8. The van der Waals surface area contributed by atoms with E-state index in [4.69, 9.17) is 11.6 Å². The molecule has 0 fully saturated rings. The lowest BCUT2D eigenvalue weighted by atomic mass is 10.2. The van der Waals surface area contributed by atoms with Crippen molar-refractivity contribution in [2.75, 3.05) is 5.32 Å². The molecular formula is C14H14ClN3S2. The van der Waals surface area contributed by atoms with Gasteiger partial charge < -0.3 is 5.32 Å². The fourth-order valence-corrected chi connectivity index (χ4v) is 4.11. The average Bonchev–Trinajstić information content (AvgIpc) is 3.04. The molecule has 0 saturated carbocycles. The van der Waals surface area contributed by atoms with E-state index in [9.17, 15) is 0 Å². The molecule has 3 rings (SSSR count). The van der Waals surface area contributed by atoms with Gasteiger partial charge in [0, 0.05) is 9.75 Å². The van der Waals surface area contributed by atoms with Crippen molar-refractivity contribution in [2.45, 2.75) is 26.3 Å². The van der Waals surface area contributed by atoms with E-state index in [-0.39, 0.29) is 6.04 Å². The highest BCUT2D eigenvalue weighted by Gasteiger charge is 2.15. The van der Waals surface area contributed by atoms with Crippen molar-refractivity contribution in [3.63, 3.8) is 0 Å². The first kappa shape index (κ1) is 13.8. The van der Waals surface area contributed by atoms with Crippen molar-refractivity contribution < 1.29 is 0 Å². The molecule has 0 spiro atoms. The molecule has 6 heteroatoms. The second-order valence-corrected chi connectivity index (χ2v) is 7.09. The Balaban J connectivity index is 2.01. The number of fused-ring (bicyclic) bond motifs is 1. The summed E-state index contributed by atoms with van der Waals surface area (Å²) in [6.45, 7) is 4.23. The molecule has 1 unspecified atom stereocenters. The van der Waals surface area contributed by atoms with Crippen LogP contribution in [0.15, 0.2) is 23.6 Å². The summed E-state index contributed by atoms with van der Waals surface area (Å²) in [6.07, 6.45) is 0.993. The highest BCUT2D eigenvalue weighted by atomic mass is 35.5. The van der Waals surface area contributed by atoms with Gasteiger partial charge in [0.1, 0.15) is 10.6 Å². The van der Waals surface area contributed by atoms with Crippen LogP contribution >= 0.6 is 34.3 Å². The standard InChI is InChI=1S/C14H14ClN3S2/c1-3-10(11-5-4-6-19-11)16-12-9-7-8(2)20-13(9)18-14(15)17-12/h4-7,10H,3H2,1-2H3,(H,16,17,18). The van der Waals surface area contributed by atoms with Gasteiger partial charge in [0.2, 0.25) is 5.28 Å². The Hall–Kier alpha value is -1.17. The summed E-state index contributed by atoms with van der Waals surface area (Å²) >= 11 is 9.42. The number of rotatable bonds is 4. The van der Waals surface area contributed by atoms with Crippen molar-refractivity contribution in [1.82, 2.24) is 9.97 Å². The van der Waals surface area contributed by atoms with E-state index >= 15 is 0 Å². The molecule has 3 heterocycles. The molecule has 3 aromatic heterocycles. The lowest BCUT2D eigenvalue weighted by Gasteiger charge is -2.16. The number of nitrogens with zero attached hydrogens (tertiary/aromatic N) is 2. The van der Waals surface area contributed by atoms with Gasteiger partial charge in [-0.1, -0.05) is 13.0 Å². The van der Waals surface area contributed by atoms with Gasteiger partial charge in [0.05, 0.1) is 11.4 Å². The zero-order valence-corrected chi connectivity index (χ0v) is 13.6. The van der Waals surface area contributed by atoms with Gasteiger partial charge in [0.25, 0.3) is 0 Å². The minimum Gasteiger partial charge on any atom is -0.362 e. The van der Waals surface area contributed by atoms with E-state index in [1.807, 2.05) is 0 Å². The summed E-state index contributed by atoms with van der Waals surface area (Å²) in [5, 5.41) is 6.95. The molecule has 0 aliphatic rings. The lowest BCUT2D eigenvalue weighted by Crippen LogP contribution is -2.10. The first-order valence-corrected chi connectivity index (χ1v) is 8.48. The van der Waals surface area contributed by atoms with Crippen molar-refractivity contribution in [2.24, 2.45) is 0 Å². The minimum absolute atomic E-state index is 0.254. The van der Waals surface area contributed by atoms with Gasteiger partial charge in [-0.25, -0.2) is 9.97 Å². The molecule has 0 aliphatic carbocycles. The number of hydrogen-bond donors (Lipinski definition) is 1. The molecule has 104 valence electrons. The van der Waals surface area contributed by atoms with Crippen LogP contribution in [0.4, 0.5) is 5.82 Å². The number of aromatic nitrogens is 2. The van der Waals surface area contributed by atoms with Gasteiger partial charge in [-0.05, 0) is 42.5 Å². The topological polar surface area (TPSA) is 37.8 Å². The molecule has 0 radical (unpaired) electrons. The van der Waals surface area contributed by atoms with E-state index in [1.54, 1.807) is 22.7 Å². The van der Waals surface area contributed by atoms with E-state index < -0.39 is 0 Å². The van der Waals surface area contributed by atoms with Crippen LogP contribution in [0.2, 0.25) is 5.28 Å². The first-order valence-electron chi connectivity index (χ1n) is 6.41. The molecule has 1 N–H and O–H groups in total. The molecule has 20 heavy (non-hydrogen) atoms. The molecular weight excluding hydrogens is 310 g/mol. The molecule has 1 atom stereocenters. The van der Waals surface area contributed by atoms with Crippen molar-refractivity contribution in [3.05, 3.63) is 38.6 Å². The zero-order valence-electron chi connectivity index (χ0n) is 11.2. The number of aryl methyl sites for hydroxylation is 1. The third kappa shape index (κ3) is 2.66. The van der Waals surface area contributed by atoms with Crippen LogP contribution in [-0.2, 0) is 0 Å². The van der Waals surface area contributed by atoms with Gasteiger partial charge >= 0.3 is 0 Å². The third-order valence-electron chi connectivity index (χ3n) is 3.09. The Bertz CT molecular complexity index is 721. The predicted octanol–water partition coefficient (Wildman–Crippen LogP) is 5.28. The van der Waals surface area contributed by atoms with Crippen LogP contribution in [0.3, 0.4) is 0 Å². The Labute approximate surface area is 130 Å². The largest absolute Gasteiger partial charge is 0.362 e. The van der Waals surface area contributed by atoms with Crippen molar-refractivity contribution >= 4 is 50.3 Å². The van der Waals surface area contributed by atoms with Crippen LogP contribution in [0, 0.1) is 6.92 Å². The van der Waals surface area contributed by atoms with E-state index in [1.165, 1.54) is 9.75 Å². The summed E-state index contributed by atoms with van der Waals surface area (Å²) in [7, 11) is 0. The van der Waals surface area contributed by atoms with Crippen LogP contribution < -0.4 is 5.32 Å². The SMILES string of the molecule is CCC(Nc1nc(Cl)nc2sc(C)cc12)c1cccs1.